The van der Waals surface area contributed by atoms with E-state index in [-0.39, 0.29) is 17.1 Å². The molecule has 1 fully saturated rings. The van der Waals surface area contributed by atoms with Crippen molar-refractivity contribution in [3.05, 3.63) is 53.3 Å². The highest BCUT2D eigenvalue weighted by atomic mass is 28.4. The zero-order valence-electron chi connectivity index (χ0n) is 23.1. The van der Waals surface area contributed by atoms with Crippen LogP contribution in [0.1, 0.15) is 71.3 Å². The van der Waals surface area contributed by atoms with Crippen LogP contribution >= 0.6 is 0 Å². The molecule has 2 aliphatic rings. The van der Waals surface area contributed by atoms with E-state index in [1.54, 1.807) is 4.57 Å². The fourth-order valence-electron chi connectivity index (χ4n) is 4.31. The summed E-state index contributed by atoms with van der Waals surface area (Å²) in [7, 11) is -2.46. The van der Waals surface area contributed by atoms with Gasteiger partial charge in [0.2, 0.25) is 0 Å². The van der Waals surface area contributed by atoms with E-state index in [4.69, 9.17) is 13.7 Å². The smallest absolute Gasteiger partial charge is 0.414 e. The maximum Gasteiger partial charge on any atom is 0.496 e. The molecule has 35 heavy (non-hydrogen) atoms. The van der Waals surface area contributed by atoms with E-state index < -0.39 is 26.6 Å². The van der Waals surface area contributed by atoms with Crippen molar-refractivity contribution in [2.45, 2.75) is 97.3 Å². The molecule has 0 saturated carbocycles. The second kappa shape index (κ2) is 8.61. The first kappa shape index (κ1) is 26.2. The Morgan fingerprint density at radius 1 is 1.11 bits per heavy atom. The Hall–Kier alpha value is -1.87. The molecule has 3 heterocycles. The van der Waals surface area contributed by atoms with E-state index >= 15 is 0 Å². The highest BCUT2D eigenvalue weighted by molar-refractivity contribution is 6.74. The molecule has 0 bridgehead atoms. The van der Waals surface area contributed by atoms with Crippen LogP contribution in [0.3, 0.4) is 0 Å². The van der Waals surface area contributed by atoms with E-state index in [0.29, 0.717) is 13.2 Å². The molecule has 1 atom stereocenters. The van der Waals surface area contributed by atoms with Gasteiger partial charge in [-0.3, -0.25) is 4.57 Å². The summed E-state index contributed by atoms with van der Waals surface area (Å²) in [6.45, 7) is 22.5. The van der Waals surface area contributed by atoms with E-state index in [1.807, 2.05) is 44.9 Å². The number of hydrogen-bond acceptors (Lipinski definition) is 4. The second-order valence-electron chi connectivity index (χ2n) is 12.6. The Morgan fingerprint density at radius 3 is 2.29 bits per heavy atom. The number of amides is 1. The van der Waals surface area contributed by atoms with Gasteiger partial charge >= 0.3 is 13.1 Å². The number of nitrogens with zero attached hydrogens (tertiary/aromatic N) is 2. The molecule has 2 aliphatic heterocycles. The fraction of sp³-hybridized carbons (Fsp3) is 0.593. The molecule has 0 spiro atoms. The summed E-state index contributed by atoms with van der Waals surface area (Å²) in [4.78, 5) is 15.6. The summed E-state index contributed by atoms with van der Waals surface area (Å²) in [6.07, 6.45) is 1.88. The average molecular weight is 497 g/mol. The lowest BCUT2D eigenvalue weighted by atomic mass is 9.81. The van der Waals surface area contributed by atoms with Gasteiger partial charge in [-0.25, -0.2) is 4.79 Å². The largest absolute Gasteiger partial charge is 0.496 e. The molecule has 8 heteroatoms. The molecule has 6 nitrogen and oxygen atoms in total. The van der Waals surface area contributed by atoms with Gasteiger partial charge in [0, 0.05) is 17.4 Å². The number of rotatable bonds is 6. The number of aromatic nitrogens is 1. The third-order valence-electron chi connectivity index (χ3n) is 8.44. The lowest BCUT2D eigenvalue weighted by Crippen LogP contribution is -2.44. The van der Waals surface area contributed by atoms with Crippen molar-refractivity contribution >= 4 is 26.9 Å². The van der Waals surface area contributed by atoms with Crippen LogP contribution in [0, 0.1) is 6.92 Å². The van der Waals surface area contributed by atoms with Gasteiger partial charge < -0.3 is 18.6 Å². The van der Waals surface area contributed by atoms with Crippen molar-refractivity contribution in [1.82, 2.24) is 9.47 Å². The van der Waals surface area contributed by atoms with Gasteiger partial charge in [0.05, 0.1) is 30.4 Å². The number of carbonyl (C=O) groups is 1. The van der Waals surface area contributed by atoms with E-state index in [1.165, 1.54) is 5.56 Å². The first-order valence-electron chi connectivity index (χ1n) is 12.6. The molecule has 1 amide bonds. The monoisotopic (exact) mass is 496 g/mol. The lowest BCUT2D eigenvalue weighted by Gasteiger charge is -2.38. The van der Waals surface area contributed by atoms with Crippen LogP contribution in [-0.2, 0) is 20.3 Å². The Labute approximate surface area is 212 Å². The summed E-state index contributed by atoms with van der Waals surface area (Å²) in [5, 5.41) is 0.0994. The standard InChI is InChI=1S/C27H41BN2O4Si/c1-19-12-11-13-20(14-19)23(18-32-35(9,10)25(2,3)4)30-17-22-15-21(16-29(22)24(30)31)28-33-26(5,6)27(7,8)34-28/h11-16,23H,17-18H2,1-10H3/t23-/m1/s1. The van der Waals surface area contributed by atoms with Crippen LogP contribution in [0.4, 0.5) is 4.79 Å². The van der Waals surface area contributed by atoms with Crippen LogP contribution < -0.4 is 5.46 Å². The first-order chi connectivity index (χ1) is 16.0. The van der Waals surface area contributed by atoms with Crippen LogP contribution in [0.5, 0.6) is 0 Å². The number of aryl methyl sites for hydroxylation is 1. The highest BCUT2D eigenvalue weighted by Gasteiger charge is 2.52. The Balaban J connectivity index is 1.59. The molecule has 1 saturated heterocycles. The molecule has 0 N–H and O–H groups in total. The van der Waals surface area contributed by atoms with Gasteiger partial charge in [-0.2, -0.15) is 0 Å². The summed E-state index contributed by atoms with van der Waals surface area (Å²) >= 11 is 0. The van der Waals surface area contributed by atoms with Gasteiger partial charge in [-0.05, 0) is 64.4 Å². The average Bonchev–Trinajstić information content (AvgIpc) is 3.32. The van der Waals surface area contributed by atoms with Gasteiger partial charge in [0.15, 0.2) is 8.32 Å². The van der Waals surface area contributed by atoms with Crippen molar-refractivity contribution in [3.63, 3.8) is 0 Å². The molecular weight excluding hydrogens is 455 g/mol. The van der Waals surface area contributed by atoms with Crippen molar-refractivity contribution in [2.75, 3.05) is 6.61 Å². The summed E-state index contributed by atoms with van der Waals surface area (Å²) in [6, 6.07) is 10.3. The maximum absolute atomic E-state index is 13.7. The summed E-state index contributed by atoms with van der Waals surface area (Å²) in [5.74, 6) is 0. The van der Waals surface area contributed by atoms with Crippen molar-refractivity contribution < 1.29 is 18.5 Å². The molecule has 1 aromatic heterocycles. The quantitative estimate of drug-likeness (QED) is 0.486. The van der Waals surface area contributed by atoms with Gasteiger partial charge in [0.25, 0.3) is 0 Å². The van der Waals surface area contributed by atoms with Crippen LogP contribution in [-0.4, -0.2) is 48.7 Å². The Kier molecular flexibility index (Phi) is 6.45. The van der Waals surface area contributed by atoms with Gasteiger partial charge in [-0.15, -0.1) is 0 Å². The zero-order valence-corrected chi connectivity index (χ0v) is 24.1. The topological polar surface area (TPSA) is 52.9 Å². The predicted octanol–water partition coefficient (Wildman–Crippen LogP) is 5.64. The van der Waals surface area contributed by atoms with Crippen LogP contribution in [0.2, 0.25) is 18.1 Å². The van der Waals surface area contributed by atoms with E-state index in [9.17, 15) is 4.79 Å². The second-order valence-corrected chi connectivity index (χ2v) is 17.4. The van der Waals surface area contributed by atoms with E-state index in [2.05, 4.69) is 65.1 Å². The van der Waals surface area contributed by atoms with Crippen molar-refractivity contribution in [3.8, 4) is 0 Å². The Bertz CT molecular complexity index is 1100. The third kappa shape index (κ3) is 4.78. The molecule has 190 valence electrons. The SMILES string of the molecule is Cc1cccc([C@@H](CO[Si](C)(C)C(C)(C)C)N2Cc3cc(B4OC(C)(C)C(C)(C)O4)cn3C2=O)c1. The maximum atomic E-state index is 13.7. The molecule has 0 radical (unpaired) electrons. The van der Waals surface area contributed by atoms with Crippen molar-refractivity contribution in [1.29, 1.82) is 0 Å². The first-order valence-corrected chi connectivity index (χ1v) is 15.5. The molecule has 2 aromatic rings. The minimum atomic E-state index is -1.98. The fourth-order valence-corrected chi connectivity index (χ4v) is 5.32. The van der Waals surface area contributed by atoms with E-state index in [0.717, 1.165) is 16.7 Å². The third-order valence-corrected chi connectivity index (χ3v) is 12.9. The number of benzene rings is 1. The molecule has 4 rings (SSSR count). The van der Waals surface area contributed by atoms with Crippen LogP contribution in [0.25, 0.3) is 0 Å². The molecule has 0 unspecified atom stereocenters. The predicted molar refractivity (Wildman–Crippen MR) is 144 cm³/mol. The Morgan fingerprint density at radius 2 is 1.74 bits per heavy atom. The number of hydrogen-bond donors (Lipinski definition) is 0. The van der Waals surface area contributed by atoms with Gasteiger partial charge in [0.1, 0.15) is 0 Å². The lowest BCUT2D eigenvalue weighted by molar-refractivity contribution is 0.00578. The summed E-state index contributed by atoms with van der Waals surface area (Å²) < 4.78 is 20.8. The van der Waals surface area contributed by atoms with Crippen LogP contribution in [0.15, 0.2) is 36.5 Å². The molecular formula is C27H41BN2O4Si. The van der Waals surface area contributed by atoms with Crippen molar-refractivity contribution in [2.24, 2.45) is 0 Å². The normalized spacial score (nSPS) is 20.5. The minimum Gasteiger partial charge on any atom is -0.414 e. The number of carbonyl (C=O) groups excluding carboxylic acids is 1. The highest BCUT2D eigenvalue weighted by Crippen LogP contribution is 2.39. The van der Waals surface area contributed by atoms with Gasteiger partial charge in [-0.1, -0.05) is 50.6 Å². The minimum absolute atomic E-state index is 0.0342. The number of fused-ring (bicyclic) bond motifs is 1. The molecule has 0 aliphatic carbocycles. The summed E-state index contributed by atoms with van der Waals surface area (Å²) in [5.41, 5.74) is 3.28. The molecule has 1 aromatic carbocycles. The zero-order chi connectivity index (χ0) is 26.0.